The van der Waals surface area contributed by atoms with Gasteiger partial charge in [0.2, 0.25) is 5.28 Å². The molecule has 0 radical (unpaired) electrons. The number of rotatable bonds is 5. The number of amides is 1. The highest BCUT2D eigenvalue weighted by molar-refractivity contribution is 6.29. The van der Waals surface area contributed by atoms with Crippen LogP contribution < -0.4 is 5.32 Å². The molecule has 2 N–H and O–H groups in total. The average Bonchev–Trinajstić information content (AvgIpc) is 3.06. The van der Waals surface area contributed by atoms with E-state index in [-0.39, 0.29) is 23.2 Å². The third kappa shape index (κ3) is 6.99. The SMILES string of the molecule is CC(C)(O)C#Cc1nc(Cl)n(Cc2ccc(C(F)(F)F)cc2)c1C(=O)NCC1CCCCC1. The molecular formula is C24H27ClF3N3O2. The monoisotopic (exact) mass is 481 g/mol. The van der Waals surface area contributed by atoms with Crippen LogP contribution in [-0.2, 0) is 12.7 Å². The summed E-state index contributed by atoms with van der Waals surface area (Å²) in [5.74, 6) is 5.34. The fourth-order valence-electron chi connectivity index (χ4n) is 3.79. The number of nitrogens with zero attached hydrogens (tertiary/aromatic N) is 2. The van der Waals surface area contributed by atoms with E-state index < -0.39 is 23.2 Å². The number of hydrogen-bond acceptors (Lipinski definition) is 3. The molecule has 1 aromatic heterocycles. The van der Waals surface area contributed by atoms with Crippen molar-refractivity contribution in [3.63, 3.8) is 0 Å². The van der Waals surface area contributed by atoms with E-state index >= 15 is 0 Å². The van der Waals surface area contributed by atoms with Crippen LogP contribution in [0.15, 0.2) is 24.3 Å². The molecule has 0 spiro atoms. The first kappa shape index (κ1) is 25.1. The summed E-state index contributed by atoms with van der Waals surface area (Å²) in [7, 11) is 0. The van der Waals surface area contributed by atoms with Crippen LogP contribution in [0.1, 0.15) is 73.3 Å². The molecule has 1 saturated carbocycles. The van der Waals surface area contributed by atoms with Gasteiger partial charge in [0.05, 0.1) is 12.1 Å². The highest BCUT2D eigenvalue weighted by Crippen LogP contribution is 2.29. The number of benzene rings is 1. The van der Waals surface area contributed by atoms with E-state index in [0.29, 0.717) is 18.0 Å². The zero-order valence-corrected chi connectivity index (χ0v) is 19.4. The molecule has 2 aromatic rings. The van der Waals surface area contributed by atoms with Crippen molar-refractivity contribution >= 4 is 17.5 Å². The maximum absolute atomic E-state index is 13.1. The van der Waals surface area contributed by atoms with Crippen LogP contribution >= 0.6 is 11.6 Å². The van der Waals surface area contributed by atoms with Gasteiger partial charge in [-0.05, 0) is 67.8 Å². The lowest BCUT2D eigenvalue weighted by Gasteiger charge is -2.22. The quantitative estimate of drug-likeness (QED) is 0.588. The third-order valence-electron chi connectivity index (χ3n) is 5.52. The molecule has 0 atom stereocenters. The van der Waals surface area contributed by atoms with Gasteiger partial charge in [-0.1, -0.05) is 37.3 Å². The van der Waals surface area contributed by atoms with E-state index in [9.17, 15) is 23.1 Å². The molecule has 1 aliphatic rings. The zero-order valence-electron chi connectivity index (χ0n) is 18.6. The number of imidazole rings is 1. The molecule has 1 amide bonds. The number of carbonyl (C=O) groups excluding carboxylic acids is 1. The Labute approximate surface area is 196 Å². The summed E-state index contributed by atoms with van der Waals surface area (Å²) in [5, 5.41) is 12.9. The number of carbonyl (C=O) groups is 1. The van der Waals surface area contributed by atoms with Gasteiger partial charge in [-0.25, -0.2) is 4.98 Å². The second kappa shape index (κ2) is 10.2. The second-order valence-corrected chi connectivity index (χ2v) is 9.22. The van der Waals surface area contributed by atoms with Crippen molar-refractivity contribution in [2.75, 3.05) is 6.54 Å². The second-order valence-electron chi connectivity index (χ2n) is 8.88. The minimum Gasteiger partial charge on any atom is -0.378 e. The summed E-state index contributed by atoms with van der Waals surface area (Å²) in [6, 6.07) is 4.64. The lowest BCUT2D eigenvalue weighted by molar-refractivity contribution is -0.137. The largest absolute Gasteiger partial charge is 0.416 e. The summed E-state index contributed by atoms with van der Waals surface area (Å²) >= 11 is 6.31. The van der Waals surface area contributed by atoms with Crippen LogP contribution in [0.4, 0.5) is 13.2 Å². The van der Waals surface area contributed by atoms with E-state index in [1.54, 1.807) is 0 Å². The molecule has 0 aliphatic heterocycles. The van der Waals surface area contributed by atoms with Crippen molar-refractivity contribution in [2.45, 2.75) is 64.3 Å². The van der Waals surface area contributed by atoms with Crippen molar-refractivity contribution in [3.8, 4) is 11.8 Å². The molecule has 5 nitrogen and oxygen atoms in total. The lowest BCUT2D eigenvalue weighted by Crippen LogP contribution is -2.32. The Kier molecular flexibility index (Phi) is 7.76. The fourth-order valence-corrected chi connectivity index (χ4v) is 4.02. The highest BCUT2D eigenvalue weighted by atomic mass is 35.5. The number of alkyl halides is 3. The smallest absolute Gasteiger partial charge is 0.378 e. The molecule has 1 fully saturated rings. The minimum atomic E-state index is -4.44. The number of aromatic nitrogens is 2. The predicted molar refractivity (Wildman–Crippen MR) is 120 cm³/mol. The van der Waals surface area contributed by atoms with Crippen molar-refractivity contribution in [3.05, 3.63) is 52.1 Å². The summed E-state index contributed by atoms with van der Waals surface area (Å²) in [6.07, 6.45) is 1.15. The van der Waals surface area contributed by atoms with Gasteiger partial charge in [-0.2, -0.15) is 13.2 Å². The van der Waals surface area contributed by atoms with Gasteiger partial charge in [0.15, 0.2) is 0 Å². The van der Waals surface area contributed by atoms with Gasteiger partial charge < -0.3 is 15.0 Å². The molecule has 33 heavy (non-hydrogen) atoms. The Hall–Kier alpha value is -2.50. The van der Waals surface area contributed by atoms with Crippen LogP contribution in [0.3, 0.4) is 0 Å². The fraction of sp³-hybridized carbons (Fsp3) is 0.500. The van der Waals surface area contributed by atoms with Crippen LogP contribution in [0, 0.1) is 17.8 Å². The predicted octanol–water partition coefficient (Wildman–Crippen LogP) is 5.04. The van der Waals surface area contributed by atoms with Crippen molar-refractivity contribution in [2.24, 2.45) is 5.92 Å². The van der Waals surface area contributed by atoms with E-state index in [4.69, 9.17) is 11.6 Å². The van der Waals surface area contributed by atoms with E-state index in [0.717, 1.165) is 37.8 Å². The molecule has 1 aliphatic carbocycles. The van der Waals surface area contributed by atoms with Gasteiger partial charge in [0.1, 0.15) is 17.0 Å². The van der Waals surface area contributed by atoms with Crippen LogP contribution in [0.25, 0.3) is 0 Å². The molecule has 1 heterocycles. The highest BCUT2D eigenvalue weighted by Gasteiger charge is 2.30. The number of nitrogens with one attached hydrogen (secondary N) is 1. The van der Waals surface area contributed by atoms with Gasteiger partial charge in [-0.3, -0.25) is 4.79 Å². The molecule has 178 valence electrons. The maximum atomic E-state index is 13.1. The van der Waals surface area contributed by atoms with Crippen LogP contribution in [0.2, 0.25) is 5.28 Å². The number of aliphatic hydroxyl groups is 1. The Morgan fingerprint density at radius 3 is 2.42 bits per heavy atom. The van der Waals surface area contributed by atoms with Gasteiger partial charge in [0.25, 0.3) is 5.91 Å². The van der Waals surface area contributed by atoms with E-state index in [2.05, 4.69) is 22.1 Å². The molecule has 0 unspecified atom stereocenters. The Bertz CT molecular complexity index is 1040. The van der Waals surface area contributed by atoms with Crippen molar-refractivity contribution in [1.29, 1.82) is 0 Å². The topological polar surface area (TPSA) is 67.2 Å². The molecule has 3 rings (SSSR count). The molecular weight excluding hydrogens is 455 g/mol. The van der Waals surface area contributed by atoms with E-state index in [1.807, 2.05) is 0 Å². The summed E-state index contributed by atoms with van der Waals surface area (Å²) in [6.45, 7) is 3.56. The van der Waals surface area contributed by atoms with Gasteiger partial charge in [0, 0.05) is 6.54 Å². The van der Waals surface area contributed by atoms with E-state index in [1.165, 1.54) is 37.0 Å². The van der Waals surface area contributed by atoms with Crippen molar-refractivity contribution < 1.29 is 23.1 Å². The summed E-state index contributed by atoms with van der Waals surface area (Å²) < 4.78 is 40.1. The summed E-state index contributed by atoms with van der Waals surface area (Å²) in [4.78, 5) is 17.3. The first-order valence-electron chi connectivity index (χ1n) is 10.9. The van der Waals surface area contributed by atoms with Crippen LogP contribution in [-0.4, -0.2) is 32.7 Å². The third-order valence-corrected chi connectivity index (χ3v) is 5.81. The molecule has 1 aromatic carbocycles. The Morgan fingerprint density at radius 1 is 1.21 bits per heavy atom. The van der Waals surface area contributed by atoms with Gasteiger partial charge in [-0.15, -0.1) is 0 Å². The van der Waals surface area contributed by atoms with Crippen LogP contribution in [0.5, 0.6) is 0 Å². The van der Waals surface area contributed by atoms with Crippen molar-refractivity contribution in [1.82, 2.24) is 14.9 Å². The average molecular weight is 482 g/mol. The standard InChI is InChI=1S/C24H27ClF3N3O2/c1-23(2,33)13-12-19-20(21(32)29-14-16-6-4-3-5-7-16)31(22(25)30-19)15-17-8-10-18(11-9-17)24(26,27)28/h8-11,16,33H,3-7,14-15H2,1-2H3,(H,29,32). The molecule has 0 saturated heterocycles. The first-order valence-corrected chi connectivity index (χ1v) is 11.3. The minimum absolute atomic E-state index is 0.0160. The lowest BCUT2D eigenvalue weighted by atomic mass is 9.89. The molecule has 0 bridgehead atoms. The number of hydrogen-bond donors (Lipinski definition) is 2. The Balaban J connectivity index is 1.90. The van der Waals surface area contributed by atoms with Gasteiger partial charge >= 0.3 is 6.18 Å². The Morgan fingerprint density at radius 2 is 1.85 bits per heavy atom. The normalized spacial score (nSPS) is 15.1. The molecule has 9 heteroatoms. The maximum Gasteiger partial charge on any atom is 0.416 e. The summed E-state index contributed by atoms with van der Waals surface area (Å²) in [5.41, 5.74) is -1.32. The zero-order chi connectivity index (χ0) is 24.2. The number of halogens is 4. The first-order chi connectivity index (χ1) is 15.4.